The molecule has 2 N–H and O–H groups in total. The number of hydrogen-bond acceptors (Lipinski definition) is 6. The first kappa shape index (κ1) is 19.6. The van der Waals surface area contributed by atoms with Crippen molar-refractivity contribution in [1.82, 2.24) is 5.32 Å². The number of esters is 1. The first-order valence-electron chi connectivity index (χ1n) is 7.90. The van der Waals surface area contributed by atoms with Gasteiger partial charge < -0.3 is 15.4 Å². The maximum atomic E-state index is 11.9. The molecule has 0 saturated carbocycles. The number of nitro benzene ring substituents is 1. The van der Waals surface area contributed by atoms with Crippen molar-refractivity contribution in [3.05, 3.63) is 69.8 Å². The lowest BCUT2D eigenvalue weighted by Gasteiger charge is -2.08. The van der Waals surface area contributed by atoms with Gasteiger partial charge in [0.1, 0.15) is 12.2 Å². The number of ether oxygens (including phenoxy) is 1. The molecule has 0 saturated heterocycles. The first-order valence-corrected chi connectivity index (χ1v) is 7.90. The summed E-state index contributed by atoms with van der Waals surface area (Å²) in [5.74, 6) is -1.99. The Morgan fingerprint density at radius 2 is 1.85 bits per heavy atom. The molecule has 0 radical (unpaired) electrons. The normalized spacial score (nSPS) is 9.96. The lowest BCUT2D eigenvalue weighted by Crippen LogP contribution is -2.32. The summed E-state index contributed by atoms with van der Waals surface area (Å²) in [5, 5.41) is 15.6. The Hall–Kier alpha value is -3.75. The fraction of sp³-hybridized carbons (Fsp3) is 0.167. The lowest BCUT2D eigenvalue weighted by atomic mass is 10.1. The minimum absolute atomic E-state index is 0.00343. The summed E-state index contributed by atoms with van der Waals surface area (Å²) in [5.41, 5.74) is 1.02. The fourth-order valence-corrected chi connectivity index (χ4v) is 2.16. The Morgan fingerprint density at radius 1 is 1.11 bits per heavy atom. The third kappa shape index (κ3) is 5.92. The van der Waals surface area contributed by atoms with E-state index in [9.17, 15) is 24.5 Å². The van der Waals surface area contributed by atoms with Crippen LogP contribution in [-0.4, -0.2) is 35.9 Å². The predicted molar refractivity (Wildman–Crippen MR) is 96.2 cm³/mol. The number of rotatable bonds is 7. The molecule has 0 aromatic heterocycles. The molecule has 0 aliphatic heterocycles. The van der Waals surface area contributed by atoms with Crippen molar-refractivity contribution in [2.75, 3.05) is 18.5 Å². The second kappa shape index (κ2) is 9.09. The summed E-state index contributed by atoms with van der Waals surface area (Å²) in [6.07, 6.45) is 0. The van der Waals surface area contributed by atoms with E-state index in [-0.39, 0.29) is 11.4 Å². The van der Waals surface area contributed by atoms with E-state index in [2.05, 4.69) is 10.6 Å². The summed E-state index contributed by atoms with van der Waals surface area (Å²) in [7, 11) is 0. The average molecular weight is 371 g/mol. The molecule has 0 fully saturated rings. The number of hydrogen-bond donors (Lipinski definition) is 2. The van der Waals surface area contributed by atoms with Gasteiger partial charge in [-0.1, -0.05) is 29.8 Å². The van der Waals surface area contributed by atoms with Gasteiger partial charge in [0.25, 0.3) is 17.5 Å². The van der Waals surface area contributed by atoms with Crippen molar-refractivity contribution >= 4 is 29.2 Å². The smallest absolute Gasteiger partial charge is 0.325 e. The molecule has 140 valence electrons. The van der Waals surface area contributed by atoms with Crippen molar-refractivity contribution in [2.24, 2.45) is 0 Å². The number of benzene rings is 2. The van der Waals surface area contributed by atoms with Crippen molar-refractivity contribution in [3.8, 4) is 0 Å². The van der Waals surface area contributed by atoms with Crippen LogP contribution in [0.4, 0.5) is 11.4 Å². The number of anilines is 1. The van der Waals surface area contributed by atoms with Crippen molar-refractivity contribution < 1.29 is 24.0 Å². The number of carbonyl (C=O) groups is 3. The summed E-state index contributed by atoms with van der Waals surface area (Å²) >= 11 is 0. The van der Waals surface area contributed by atoms with E-state index in [1.54, 1.807) is 18.2 Å². The minimum atomic E-state index is -0.811. The first-order chi connectivity index (χ1) is 12.9. The standard InChI is InChI=1S/C18H17N3O6/c1-12-5-4-6-13(9-12)18(24)19-10-17(23)27-11-16(22)20-14-7-2-3-8-15(14)21(25)26/h2-9H,10-11H2,1H3,(H,19,24)(H,20,22). The van der Waals surface area contributed by atoms with Gasteiger partial charge in [-0.3, -0.25) is 24.5 Å². The molecular formula is C18H17N3O6. The van der Waals surface area contributed by atoms with Gasteiger partial charge in [-0.05, 0) is 25.1 Å². The van der Waals surface area contributed by atoms with Crippen LogP contribution >= 0.6 is 0 Å². The summed E-state index contributed by atoms with van der Waals surface area (Å²) in [6.45, 7) is 0.789. The van der Waals surface area contributed by atoms with E-state index < -0.39 is 35.9 Å². The van der Waals surface area contributed by atoms with Crippen molar-refractivity contribution in [3.63, 3.8) is 0 Å². The van der Waals surface area contributed by atoms with Gasteiger partial charge in [-0.2, -0.15) is 0 Å². The highest BCUT2D eigenvalue weighted by molar-refractivity contribution is 5.97. The van der Waals surface area contributed by atoms with Crippen LogP contribution in [0.2, 0.25) is 0 Å². The molecule has 0 spiro atoms. The van der Waals surface area contributed by atoms with Crippen LogP contribution in [0, 0.1) is 17.0 Å². The molecule has 0 aliphatic rings. The lowest BCUT2D eigenvalue weighted by molar-refractivity contribution is -0.383. The molecule has 9 heteroatoms. The maximum Gasteiger partial charge on any atom is 0.325 e. The number of carbonyl (C=O) groups excluding carboxylic acids is 3. The third-order valence-corrected chi connectivity index (χ3v) is 3.41. The molecule has 2 rings (SSSR count). The van der Waals surface area contributed by atoms with Gasteiger partial charge >= 0.3 is 5.97 Å². The Morgan fingerprint density at radius 3 is 2.56 bits per heavy atom. The van der Waals surface area contributed by atoms with Crippen molar-refractivity contribution in [1.29, 1.82) is 0 Å². The van der Waals surface area contributed by atoms with Gasteiger partial charge in [0.2, 0.25) is 0 Å². The molecule has 9 nitrogen and oxygen atoms in total. The third-order valence-electron chi connectivity index (χ3n) is 3.41. The van der Waals surface area contributed by atoms with Crippen molar-refractivity contribution in [2.45, 2.75) is 6.92 Å². The highest BCUT2D eigenvalue weighted by atomic mass is 16.6. The van der Waals surface area contributed by atoms with Crippen LogP contribution in [0.5, 0.6) is 0 Å². The maximum absolute atomic E-state index is 11.9. The van der Waals surface area contributed by atoms with Crippen LogP contribution in [0.25, 0.3) is 0 Å². The number of nitrogens with one attached hydrogen (secondary N) is 2. The zero-order valence-corrected chi connectivity index (χ0v) is 14.4. The summed E-state index contributed by atoms with van der Waals surface area (Å²) in [4.78, 5) is 45.6. The second-order valence-electron chi connectivity index (χ2n) is 5.54. The fourth-order valence-electron chi connectivity index (χ4n) is 2.16. The molecule has 2 aromatic rings. The predicted octanol–water partition coefficient (Wildman–Crippen LogP) is 1.81. The monoisotopic (exact) mass is 371 g/mol. The van der Waals surface area contributed by atoms with Crippen LogP contribution < -0.4 is 10.6 Å². The molecule has 2 amide bonds. The van der Waals surface area contributed by atoms with Crippen LogP contribution in [0.3, 0.4) is 0 Å². The van der Waals surface area contributed by atoms with E-state index in [1.165, 1.54) is 24.3 Å². The number of nitro groups is 1. The van der Waals surface area contributed by atoms with Crippen LogP contribution in [0.15, 0.2) is 48.5 Å². The molecule has 27 heavy (non-hydrogen) atoms. The molecule has 0 atom stereocenters. The second-order valence-corrected chi connectivity index (χ2v) is 5.54. The largest absolute Gasteiger partial charge is 0.454 e. The zero-order valence-electron chi connectivity index (χ0n) is 14.4. The van der Waals surface area contributed by atoms with Gasteiger partial charge in [-0.15, -0.1) is 0 Å². The number of aryl methyl sites for hydroxylation is 1. The SMILES string of the molecule is Cc1cccc(C(=O)NCC(=O)OCC(=O)Nc2ccccc2[N+](=O)[O-])c1. The molecule has 0 aliphatic carbocycles. The van der Waals surface area contributed by atoms with Gasteiger partial charge in [0.15, 0.2) is 6.61 Å². The van der Waals surface area contributed by atoms with Gasteiger partial charge in [0, 0.05) is 11.6 Å². The Balaban J connectivity index is 1.79. The summed E-state index contributed by atoms with van der Waals surface area (Å²) in [6, 6.07) is 12.4. The minimum Gasteiger partial charge on any atom is -0.454 e. The van der Waals surface area contributed by atoms with E-state index in [0.29, 0.717) is 5.56 Å². The number of para-hydroxylation sites is 2. The van der Waals surface area contributed by atoms with E-state index in [4.69, 9.17) is 4.74 Å². The molecular weight excluding hydrogens is 354 g/mol. The Kier molecular flexibility index (Phi) is 6.59. The Bertz CT molecular complexity index is 881. The van der Waals surface area contributed by atoms with Gasteiger partial charge in [0.05, 0.1) is 4.92 Å². The topological polar surface area (TPSA) is 128 Å². The van der Waals surface area contributed by atoms with Crippen LogP contribution in [0.1, 0.15) is 15.9 Å². The summed E-state index contributed by atoms with van der Waals surface area (Å²) < 4.78 is 4.75. The molecule has 0 unspecified atom stereocenters. The number of nitrogens with zero attached hydrogens (tertiary/aromatic N) is 1. The molecule has 2 aromatic carbocycles. The zero-order chi connectivity index (χ0) is 19.8. The quantitative estimate of drug-likeness (QED) is 0.434. The molecule has 0 heterocycles. The van der Waals surface area contributed by atoms with Gasteiger partial charge in [-0.25, -0.2) is 0 Å². The molecule has 0 bridgehead atoms. The van der Waals surface area contributed by atoms with Crippen LogP contribution in [-0.2, 0) is 14.3 Å². The average Bonchev–Trinajstić information content (AvgIpc) is 2.64. The van der Waals surface area contributed by atoms with E-state index in [1.807, 2.05) is 13.0 Å². The van der Waals surface area contributed by atoms with E-state index in [0.717, 1.165) is 5.56 Å². The number of amides is 2. The van der Waals surface area contributed by atoms with E-state index >= 15 is 0 Å². The highest BCUT2D eigenvalue weighted by Gasteiger charge is 2.16. The highest BCUT2D eigenvalue weighted by Crippen LogP contribution is 2.22. The Labute approximate surface area is 154 Å².